The molecule has 3 N–H and O–H groups in total. The van der Waals surface area contributed by atoms with Crippen LogP contribution in [0.4, 0.5) is 0 Å². The molecular weight excluding hydrogens is 450 g/mol. The van der Waals surface area contributed by atoms with Gasteiger partial charge in [0, 0.05) is 54.9 Å². The highest BCUT2D eigenvalue weighted by Crippen LogP contribution is 2.36. The molecule has 5 rings (SSSR count). The molecule has 1 amide bonds. The van der Waals surface area contributed by atoms with E-state index in [0.29, 0.717) is 35.6 Å². The van der Waals surface area contributed by atoms with Crippen molar-refractivity contribution in [3.05, 3.63) is 59.6 Å². The van der Waals surface area contributed by atoms with Crippen LogP contribution in [0.1, 0.15) is 68.4 Å². The predicted octanol–water partition coefficient (Wildman–Crippen LogP) is 3.70. The molecule has 1 aliphatic carbocycles. The van der Waals surface area contributed by atoms with Gasteiger partial charge in [-0.15, -0.1) is 0 Å². The quantitative estimate of drug-likeness (QED) is 0.451. The molecule has 192 valence electrons. The van der Waals surface area contributed by atoms with Crippen LogP contribution in [0, 0.1) is 17.2 Å². The third kappa shape index (κ3) is 5.19. The Morgan fingerprint density at radius 2 is 2.03 bits per heavy atom. The van der Waals surface area contributed by atoms with Gasteiger partial charge in [-0.25, -0.2) is 0 Å². The van der Waals surface area contributed by atoms with Crippen LogP contribution in [-0.4, -0.2) is 43.5 Å². The second-order valence-corrected chi connectivity index (χ2v) is 11.1. The number of carbonyl (C=O) groups is 1. The van der Waals surface area contributed by atoms with Crippen LogP contribution in [-0.2, 0) is 13.6 Å². The molecule has 1 aromatic carbocycles. The lowest BCUT2D eigenvalue weighted by Gasteiger charge is -2.35. The fraction of sp³-hybridized carbons (Fsp3) is 0.536. The van der Waals surface area contributed by atoms with Crippen LogP contribution >= 0.6 is 0 Å². The van der Waals surface area contributed by atoms with Crippen molar-refractivity contribution in [3.8, 4) is 11.3 Å². The molecule has 3 heterocycles. The van der Waals surface area contributed by atoms with E-state index >= 15 is 0 Å². The minimum Gasteiger partial charge on any atom is -0.347 e. The summed E-state index contributed by atoms with van der Waals surface area (Å²) in [7, 11) is 1.87. The van der Waals surface area contributed by atoms with E-state index in [0.717, 1.165) is 29.8 Å². The zero-order chi connectivity index (χ0) is 25.4. The summed E-state index contributed by atoms with van der Waals surface area (Å²) in [6, 6.07) is 8.81. The van der Waals surface area contributed by atoms with Crippen LogP contribution in [0.25, 0.3) is 11.3 Å². The van der Waals surface area contributed by atoms with Gasteiger partial charge in [0.25, 0.3) is 5.91 Å². The first-order valence-electron chi connectivity index (χ1n) is 13.3. The van der Waals surface area contributed by atoms with Crippen molar-refractivity contribution >= 4 is 5.91 Å². The second kappa shape index (κ2) is 10.1. The van der Waals surface area contributed by atoms with Crippen molar-refractivity contribution in [2.75, 3.05) is 6.54 Å². The number of hydrogen-bond donors (Lipinski definition) is 3. The van der Waals surface area contributed by atoms with E-state index < -0.39 is 0 Å². The number of aromatic nitrogens is 4. The van der Waals surface area contributed by atoms with Gasteiger partial charge >= 0.3 is 0 Å². The van der Waals surface area contributed by atoms with Gasteiger partial charge in [0.1, 0.15) is 0 Å². The molecule has 0 spiro atoms. The highest BCUT2D eigenvalue weighted by atomic mass is 16.1. The maximum atomic E-state index is 13.7. The lowest BCUT2D eigenvalue weighted by atomic mass is 9.88. The van der Waals surface area contributed by atoms with Gasteiger partial charge in [-0.05, 0) is 87.7 Å². The number of hydrogen-bond acceptors (Lipinski definition) is 4. The summed E-state index contributed by atoms with van der Waals surface area (Å²) in [4.78, 5) is 13.7. The Bertz CT molecular complexity index is 1280. The summed E-state index contributed by atoms with van der Waals surface area (Å²) in [5, 5.41) is 20.0. The molecule has 3 atom stereocenters. The minimum absolute atomic E-state index is 0.0187. The van der Waals surface area contributed by atoms with Gasteiger partial charge in [-0.1, -0.05) is 6.92 Å². The monoisotopic (exact) mass is 489 g/mol. The molecule has 2 aromatic heterocycles. The number of nitrogens with zero attached hydrogens (tertiary/aromatic N) is 4. The fourth-order valence-electron chi connectivity index (χ4n) is 5.53. The Morgan fingerprint density at radius 3 is 2.69 bits per heavy atom. The zero-order valence-corrected chi connectivity index (χ0v) is 21.9. The van der Waals surface area contributed by atoms with Gasteiger partial charge in [0.2, 0.25) is 5.62 Å². The molecular formula is C28H39N7O. The number of rotatable bonds is 8. The first-order valence-corrected chi connectivity index (χ1v) is 13.3. The Balaban J connectivity index is 1.48. The van der Waals surface area contributed by atoms with E-state index in [-0.39, 0.29) is 18.0 Å². The number of aryl methyl sites for hydroxylation is 1. The standard InChI is InChI=1S/C28H39N7O/c1-18(2)35-25(8-10-31-35)22-14-20(17-34-12-11-33(4)28(34)29)15-23(16-22)27(36)32-26(21-5-6-21)24-13-19(3)7-9-30-24/h8,10-12,14-16,18-19,21,24,26,29-30H,5-7,9,13,17H2,1-4H3,(H,32,36)/t19?,24?,26-/m1/s1. The van der Waals surface area contributed by atoms with Crippen molar-refractivity contribution in [2.24, 2.45) is 18.9 Å². The minimum atomic E-state index is -0.0187. The maximum Gasteiger partial charge on any atom is 0.251 e. The number of piperidine rings is 1. The molecule has 0 radical (unpaired) electrons. The summed E-state index contributed by atoms with van der Waals surface area (Å²) >= 11 is 0. The average molecular weight is 490 g/mol. The van der Waals surface area contributed by atoms with E-state index in [1.54, 1.807) is 4.57 Å². The Hall–Kier alpha value is -3.13. The molecule has 1 saturated heterocycles. The topological polar surface area (TPSA) is 92.7 Å². The van der Waals surface area contributed by atoms with E-state index in [9.17, 15) is 4.79 Å². The molecule has 2 fully saturated rings. The molecule has 3 aromatic rings. The van der Waals surface area contributed by atoms with E-state index in [1.165, 1.54) is 19.3 Å². The molecule has 0 bridgehead atoms. The molecule has 1 aliphatic heterocycles. The lowest BCUT2D eigenvalue weighted by molar-refractivity contribution is 0.0911. The summed E-state index contributed by atoms with van der Waals surface area (Å²) < 4.78 is 5.66. The van der Waals surface area contributed by atoms with E-state index in [1.807, 2.05) is 53.1 Å². The molecule has 2 unspecified atom stereocenters. The van der Waals surface area contributed by atoms with Crippen molar-refractivity contribution in [1.29, 1.82) is 5.41 Å². The van der Waals surface area contributed by atoms with Crippen LogP contribution in [0.2, 0.25) is 0 Å². The molecule has 36 heavy (non-hydrogen) atoms. The highest BCUT2D eigenvalue weighted by molar-refractivity contribution is 5.96. The average Bonchev–Trinajstić information content (AvgIpc) is 3.49. The summed E-state index contributed by atoms with van der Waals surface area (Å²) in [5.41, 5.74) is 4.04. The van der Waals surface area contributed by atoms with Gasteiger partial charge in [-0.3, -0.25) is 14.9 Å². The van der Waals surface area contributed by atoms with Crippen molar-refractivity contribution < 1.29 is 4.79 Å². The molecule has 8 nitrogen and oxygen atoms in total. The van der Waals surface area contributed by atoms with Crippen molar-refractivity contribution in [3.63, 3.8) is 0 Å². The first kappa shape index (κ1) is 24.6. The lowest BCUT2D eigenvalue weighted by Crippen LogP contribution is -2.54. The number of carbonyl (C=O) groups excluding carboxylic acids is 1. The Morgan fingerprint density at radius 1 is 1.22 bits per heavy atom. The second-order valence-electron chi connectivity index (χ2n) is 11.1. The summed E-state index contributed by atoms with van der Waals surface area (Å²) in [6.07, 6.45) is 10.3. The number of nitrogens with one attached hydrogen (secondary N) is 3. The Labute approximate surface area is 213 Å². The largest absolute Gasteiger partial charge is 0.347 e. The SMILES string of the molecule is CC1CCNC([C@H](NC(=O)c2cc(Cn3ccn(C)c3=N)cc(-c3ccnn3C(C)C)c2)C2CC2)C1. The number of benzene rings is 1. The maximum absolute atomic E-state index is 13.7. The number of amides is 1. The molecule has 1 saturated carbocycles. The summed E-state index contributed by atoms with van der Waals surface area (Å²) in [5.74, 6) is 1.23. The van der Waals surface area contributed by atoms with Gasteiger partial charge in [0.15, 0.2) is 0 Å². The predicted molar refractivity (Wildman–Crippen MR) is 141 cm³/mol. The van der Waals surface area contributed by atoms with Gasteiger partial charge in [0.05, 0.1) is 12.2 Å². The van der Waals surface area contributed by atoms with Crippen molar-refractivity contribution in [2.45, 2.75) is 71.1 Å². The first-order chi connectivity index (χ1) is 17.3. The van der Waals surface area contributed by atoms with Crippen LogP contribution in [0.3, 0.4) is 0 Å². The van der Waals surface area contributed by atoms with E-state index in [2.05, 4.69) is 42.6 Å². The normalized spacial score (nSPS) is 21.0. The fourth-order valence-corrected chi connectivity index (χ4v) is 5.53. The third-order valence-electron chi connectivity index (χ3n) is 7.70. The zero-order valence-electron chi connectivity index (χ0n) is 21.9. The summed E-state index contributed by atoms with van der Waals surface area (Å²) in [6.45, 7) is 8.08. The van der Waals surface area contributed by atoms with E-state index in [4.69, 9.17) is 5.41 Å². The smallest absolute Gasteiger partial charge is 0.251 e. The molecule has 2 aliphatic rings. The Kier molecular flexibility index (Phi) is 6.88. The highest BCUT2D eigenvalue weighted by Gasteiger charge is 2.39. The molecule has 8 heteroatoms. The number of imidazole rings is 1. The van der Waals surface area contributed by atoms with Crippen molar-refractivity contribution in [1.82, 2.24) is 29.5 Å². The third-order valence-corrected chi connectivity index (χ3v) is 7.70. The van der Waals surface area contributed by atoms with Crippen LogP contribution in [0.15, 0.2) is 42.9 Å². The van der Waals surface area contributed by atoms with Gasteiger partial charge in [-0.2, -0.15) is 5.10 Å². The van der Waals surface area contributed by atoms with Gasteiger partial charge < -0.3 is 19.8 Å². The van der Waals surface area contributed by atoms with Crippen LogP contribution in [0.5, 0.6) is 0 Å². The van der Waals surface area contributed by atoms with Crippen LogP contribution < -0.4 is 16.3 Å².